The highest BCUT2D eigenvalue weighted by atomic mass is 127. The maximum Gasteiger partial charge on any atom is 0.319 e. The van der Waals surface area contributed by atoms with E-state index in [2.05, 4.69) is 22.6 Å². The molecule has 0 saturated carbocycles. The highest BCUT2D eigenvalue weighted by Crippen LogP contribution is 2.34. The number of hydrogen-bond acceptors (Lipinski definition) is 5. The number of urea groups is 1. The molecule has 0 aromatic heterocycles. The number of carbonyl (C=O) groups excluding carboxylic acids is 2. The number of ether oxygens (including phenoxy) is 2. The number of primary amides is 1. The molecule has 0 unspecified atom stereocenters. The first-order valence-corrected chi connectivity index (χ1v) is 7.23. The van der Waals surface area contributed by atoms with Gasteiger partial charge >= 0.3 is 6.03 Å². The summed E-state index contributed by atoms with van der Waals surface area (Å²) in [6.45, 7) is 2.33. The van der Waals surface area contributed by atoms with Crippen LogP contribution in [-0.4, -0.2) is 25.7 Å². The van der Waals surface area contributed by atoms with Crippen molar-refractivity contribution in [3.05, 3.63) is 26.8 Å². The van der Waals surface area contributed by atoms with Crippen LogP contribution in [0.25, 0.3) is 6.08 Å². The van der Waals surface area contributed by atoms with Gasteiger partial charge in [-0.3, -0.25) is 10.1 Å². The third-order valence-corrected chi connectivity index (χ3v) is 3.25. The van der Waals surface area contributed by atoms with Crippen LogP contribution in [0.5, 0.6) is 11.5 Å². The molecule has 0 radical (unpaired) electrons. The number of amides is 3. The Bertz CT molecular complexity index is 665. The van der Waals surface area contributed by atoms with Crippen LogP contribution < -0.4 is 20.5 Å². The highest BCUT2D eigenvalue weighted by Gasteiger charge is 2.14. The zero-order chi connectivity index (χ0) is 16.7. The van der Waals surface area contributed by atoms with E-state index in [1.165, 1.54) is 13.2 Å². The molecule has 1 aromatic carbocycles. The molecule has 0 spiro atoms. The molecule has 0 bridgehead atoms. The Balaban J connectivity index is 3.23. The van der Waals surface area contributed by atoms with Gasteiger partial charge in [-0.2, -0.15) is 5.26 Å². The van der Waals surface area contributed by atoms with Gasteiger partial charge in [-0.25, -0.2) is 4.79 Å². The van der Waals surface area contributed by atoms with Gasteiger partial charge < -0.3 is 15.2 Å². The Morgan fingerprint density at radius 1 is 1.50 bits per heavy atom. The largest absolute Gasteiger partial charge is 0.493 e. The van der Waals surface area contributed by atoms with E-state index in [0.29, 0.717) is 23.7 Å². The number of methoxy groups -OCH3 is 1. The first-order chi connectivity index (χ1) is 10.4. The molecule has 3 amide bonds. The van der Waals surface area contributed by atoms with Gasteiger partial charge in [-0.1, -0.05) is 0 Å². The van der Waals surface area contributed by atoms with Crippen LogP contribution in [-0.2, 0) is 4.79 Å². The van der Waals surface area contributed by atoms with E-state index >= 15 is 0 Å². The highest BCUT2D eigenvalue weighted by molar-refractivity contribution is 14.1. The summed E-state index contributed by atoms with van der Waals surface area (Å²) in [4.78, 5) is 22.3. The molecule has 0 aliphatic rings. The van der Waals surface area contributed by atoms with E-state index in [9.17, 15) is 9.59 Å². The van der Waals surface area contributed by atoms with Crippen LogP contribution in [0.2, 0.25) is 0 Å². The number of rotatable bonds is 5. The summed E-state index contributed by atoms with van der Waals surface area (Å²) >= 11 is 2.06. The lowest BCUT2D eigenvalue weighted by molar-refractivity contribution is -0.115. The molecule has 0 atom stereocenters. The number of nitriles is 1. The van der Waals surface area contributed by atoms with Crippen LogP contribution >= 0.6 is 22.6 Å². The molecule has 1 aromatic rings. The zero-order valence-corrected chi connectivity index (χ0v) is 14.1. The van der Waals surface area contributed by atoms with Crippen molar-refractivity contribution in [2.75, 3.05) is 13.7 Å². The number of hydrogen-bond donors (Lipinski definition) is 2. The lowest BCUT2D eigenvalue weighted by Crippen LogP contribution is -2.35. The van der Waals surface area contributed by atoms with E-state index < -0.39 is 11.9 Å². The minimum atomic E-state index is -1.02. The van der Waals surface area contributed by atoms with Crippen LogP contribution in [0.3, 0.4) is 0 Å². The normalized spacial score (nSPS) is 10.5. The van der Waals surface area contributed by atoms with Gasteiger partial charge in [-0.15, -0.1) is 0 Å². The fourth-order valence-corrected chi connectivity index (χ4v) is 2.38. The van der Waals surface area contributed by atoms with Crippen LogP contribution in [0, 0.1) is 14.9 Å². The number of halogens is 1. The molecule has 7 nitrogen and oxygen atoms in total. The minimum Gasteiger partial charge on any atom is -0.493 e. The molecule has 0 aliphatic carbocycles. The maximum absolute atomic E-state index is 11.6. The molecular weight excluding hydrogens is 401 g/mol. The Morgan fingerprint density at radius 3 is 2.68 bits per heavy atom. The van der Waals surface area contributed by atoms with Gasteiger partial charge in [0.2, 0.25) is 0 Å². The molecule has 0 saturated heterocycles. The number of nitrogens with zero attached hydrogens (tertiary/aromatic N) is 1. The van der Waals surface area contributed by atoms with E-state index in [4.69, 9.17) is 20.5 Å². The van der Waals surface area contributed by atoms with Crippen molar-refractivity contribution in [3.63, 3.8) is 0 Å². The quantitative estimate of drug-likeness (QED) is 0.433. The van der Waals surface area contributed by atoms with Crippen LogP contribution in [0.15, 0.2) is 17.7 Å². The van der Waals surface area contributed by atoms with Crippen LogP contribution in [0.4, 0.5) is 4.79 Å². The SMILES string of the molecule is CCOc1c(I)cc(/C=C(\C#N)C(=O)NC(N)=O)cc1OC. The molecule has 1 rings (SSSR count). The first-order valence-electron chi connectivity index (χ1n) is 6.15. The summed E-state index contributed by atoms with van der Waals surface area (Å²) in [5.41, 5.74) is 5.16. The zero-order valence-electron chi connectivity index (χ0n) is 12.0. The second kappa shape index (κ2) is 8.23. The van der Waals surface area contributed by atoms with Crippen molar-refractivity contribution >= 4 is 40.6 Å². The predicted octanol–water partition coefficient (Wildman–Crippen LogP) is 1.80. The molecule has 22 heavy (non-hydrogen) atoms. The van der Waals surface area contributed by atoms with Gasteiger partial charge in [0.25, 0.3) is 5.91 Å². The Kier molecular flexibility index (Phi) is 6.65. The van der Waals surface area contributed by atoms with Gasteiger partial charge in [0.1, 0.15) is 11.6 Å². The summed E-state index contributed by atoms with van der Waals surface area (Å²) in [6.07, 6.45) is 1.33. The lowest BCUT2D eigenvalue weighted by atomic mass is 10.1. The molecule has 116 valence electrons. The lowest BCUT2D eigenvalue weighted by Gasteiger charge is -2.12. The van der Waals surface area contributed by atoms with Crippen molar-refractivity contribution < 1.29 is 19.1 Å². The molecule has 8 heteroatoms. The number of imide groups is 1. The van der Waals surface area contributed by atoms with Crippen molar-refractivity contribution in [1.29, 1.82) is 5.26 Å². The van der Waals surface area contributed by atoms with Crippen molar-refractivity contribution in [2.45, 2.75) is 6.92 Å². The third kappa shape index (κ3) is 4.63. The average molecular weight is 415 g/mol. The van der Waals surface area contributed by atoms with Gasteiger partial charge in [-0.05, 0) is 53.3 Å². The standard InChI is InChI=1S/C14H14IN3O4/c1-3-22-12-10(15)5-8(6-11(12)21-2)4-9(7-16)13(19)18-14(17)20/h4-6H,3H2,1-2H3,(H3,17,18,19,20)/b9-4+. The van der Waals surface area contributed by atoms with Crippen LogP contribution in [0.1, 0.15) is 12.5 Å². The smallest absolute Gasteiger partial charge is 0.319 e. The second-order valence-electron chi connectivity index (χ2n) is 3.96. The van der Waals surface area contributed by atoms with Gasteiger partial charge in [0.05, 0.1) is 17.3 Å². The van der Waals surface area contributed by atoms with Gasteiger partial charge in [0.15, 0.2) is 11.5 Å². The Hall–Kier alpha value is -2.28. The van der Waals surface area contributed by atoms with E-state index in [1.807, 2.05) is 12.2 Å². The number of nitrogens with two attached hydrogens (primary N) is 1. The van der Waals surface area contributed by atoms with Gasteiger partial charge in [0, 0.05) is 0 Å². The minimum absolute atomic E-state index is 0.249. The third-order valence-electron chi connectivity index (χ3n) is 2.45. The van der Waals surface area contributed by atoms with Crippen molar-refractivity contribution in [3.8, 4) is 17.6 Å². The van der Waals surface area contributed by atoms with E-state index in [1.54, 1.807) is 18.2 Å². The fraction of sp³-hybridized carbons (Fsp3) is 0.214. The summed E-state index contributed by atoms with van der Waals surface area (Å²) in [5.74, 6) is 0.202. The van der Waals surface area contributed by atoms with Crippen molar-refractivity contribution in [2.24, 2.45) is 5.73 Å². The molecule has 0 heterocycles. The Labute approximate surface area is 141 Å². The fourth-order valence-electron chi connectivity index (χ4n) is 1.60. The number of carbonyl (C=O) groups is 2. The monoisotopic (exact) mass is 415 g/mol. The first kappa shape index (κ1) is 17.8. The van der Waals surface area contributed by atoms with E-state index in [0.717, 1.165) is 3.57 Å². The summed E-state index contributed by atoms with van der Waals surface area (Å²) < 4.78 is 11.5. The second-order valence-corrected chi connectivity index (χ2v) is 5.12. The maximum atomic E-state index is 11.6. The molecule has 0 fully saturated rings. The van der Waals surface area contributed by atoms with E-state index in [-0.39, 0.29) is 5.57 Å². The topological polar surface area (TPSA) is 114 Å². The summed E-state index contributed by atoms with van der Waals surface area (Å²) in [6, 6.07) is 4.05. The average Bonchev–Trinajstić information content (AvgIpc) is 2.46. The summed E-state index contributed by atoms with van der Waals surface area (Å²) in [5, 5.41) is 10.9. The van der Waals surface area contributed by atoms with Crippen molar-refractivity contribution in [1.82, 2.24) is 5.32 Å². The molecule has 0 aliphatic heterocycles. The Morgan fingerprint density at radius 2 is 2.18 bits per heavy atom. The number of benzene rings is 1. The number of nitrogens with one attached hydrogen (secondary N) is 1. The molecule has 3 N–H and O–H groups in total. The molecular formula is C14H14IN3O4. The predicted molar refractivity (Wildman–Crippen MR) is 88.2 cm³/mol. The summed E-state index contributed by atoms with van der Waals surface area (Å²) in [7, 11) is 1.49.